The van der Waals surface area contributed by atoms with E-state index in [0.29, 0.717) is 0 Å². The van der Waals surface area contributed by atoms with Crippen LogP contribution in [0.15, 0.2) is 0 Å². The van der Waals surface area contributed by atoms with Gasteiger partial charge in [0.2, 0.25) is 0 Å². The van der Waals surface area contributed by atoms with Crippen molar-refractivity contribution >= 4 is 6.16 Å². The molecule has 1 aliphatic heterocycles. The molecule has 13 heavy (non-hydrogen) atoms. The van der Waals surface area contributed by atoms with Crippen molar-refractivity contribution in [3.8, 4) is 0 Å². The summed E-state index contributed by atoms with van der Waals surface area (Å²) in [4.78, 5) is 11.1. The van der Waals surface area contributed by atoms with E-state index in [1.54, 1.807) is 0 Å². The van der Waals surface area contributed by atoms with Crippen molar-refractivity contribution in [2.24, 2.45) is 0 Å². The van der Waals surface area contributed by atoms with Crippen LogP contribution < -0.4 is 5.32 Å². The van der Waals surface area contributed by atoms with Crippen LogP contribution in [0, 0.1) is 0 Å². The molecule has 0 aliphatic carbocycles. The molecule has 0 saturated carbocycles. The lowest BCUT2D eigenvalue weighted by Gasteiger charge is -2.20. The molecule has 1 heterocycles. The summed E-state index contributed by atoms with van der Waals surface area (Å²) in [5.74, 6) is 0. The zero-order valence-corrected chi connectivity index (χ0v) is 8.42. The molecule has 1 fully saturated rings. The van der Waals surface area contributed by atoms with Crippen LogP contribution >= 0.6 is 0 Å². The first-order valence-corrected chi connectivity index (χ1v) is 4.60. The highest BCUT2D eigenvalue weighted by atomic mass is 16.7. The van der Waals surface area contributed by atoms with Gasteiger partial charge in [0.25, 0.3) is 0 Å². The van der Waals surface area contributed by atoms with Gasteiger partial charge in [-0.3, -0.25) is 5.32 Å². The van der Waals surface area contributed by atoms with Gasteiger partial charge in [0.1, 0.15) is 5.60 Å². The maximum Gasteiger partial charge on any atom is 0.510 e. The topological polar surface area (TPSA) is 47.6 Å². The minimum absolute atomic E-state index is 0.158. The van der Waals surface area contributed by atoms with Crippen molar-refractivity contribution in [1.82, 2.24) is 5.32 Å². The highest BCUT2D eigenvalue weighted by Crippen LogP contribution is 2.12. The summed E-state index contributed by atoms with van der Waals surface area (Å²) in [7, 11) is 0. The molecule has 0 bridgehead atoms. The summed E-state index contributed by atoms with van der Waals surface area (Å²) in [6, 6.07) is 0. The molecule has 1 atom stereocenters. The lowest BCUT2D eigenvalue weighted by molar-refractivity contribution is -0.0295. The normalized spacial score (nSPS) is 22.8. The van der Waals surface area contributed by atoms with Gasteiger partial charge in [0.05, 0.1) is 0 Å². The molecular formula is C9H17NO3. The average molecular weight is 187 g/mol. The second-order valence-corrected chi connectivity index (χ2v) is 4.17. The van der Waals surface area contributed by atoms with Crippen LogP contribution in [-0.2, 0) is 9.47 Å². The molecule has 0 aromatic heterocycles. The van der Waals surface area contributed by atoms with E-state index in [1.807, 2.05) is 20.8 Å². The summed E-state index contributed by atoms with van der Waals surface area (Å²) in [6.45, 7) is 6.36. The fourth-order valence-corrected chi connectivity index (χ4v) is 1.14. The van der Waals surface area contributed by atoms with E-state index in [2.05, 4.69) is 5.32 Å². The Labute approximate surface area is 78.6 Å². The van der Waals surface area contributed by atoms with Crippen molar-refractivity contribution in [3.05, 3.63) is 0 Å². The predicted octanol–water partition coefficient (Wildman–Crippen LogP) is 1.65. The van der Waals surface area contributed by atoms with Crippen LogP contribution in [0.1, 0.15) is 33.6 Å². The standard InChI is InChI=1S/C9H17NO3/c1-9(2,3)13-8(11)12-7-5-4-6-10-7/h7,10H,4-6H2,1-3H3. The van der Waals surface area contributed by atoms with Gasteiger partial charge < -0.3 is 9.47 Å². The fraction of sp³-hybridized carbons (Fsp3) is 0.889. The van der Waals surface area contributed by atoms with Crippen LogP contribution in [-0.4, -0.2) is 24.5 Å². The summed E-state index contributed by atoms with van der Waals surface area (Å²) in [5.41, 5.74) is -0.477. The minimum atomic E-state index is -0.591. The predicted molar refractivity (Wildman–Crippen MR) is 48.3 cm³/mol. The van der Waals surface area contributed by atoms with Gasteiger partial charge in [-0.25, -0.2) is 4.79 Å². The maximum atomic E-state index is 11.1. The summed E-state index contributed by atoms with van der Waals surface area (Å²) >= 11 is 0. The third kappa shape index (κ3) is 4.12. The van der Waals surface area contributed by atoms with Crippen molar-refractivity contribution < 1.29 is 14.3 Å². The van der Waals surface area contributed by atoms with E-state index in [4.69, 9.17) is 9.47 Å². The summed E-state index contributed by atoms with van der Waals surface area (Å²) < 4.78 is 10.0. The molecule has 4 heteroatoms. The van der Waals surface area contributed by atoms with E-state index in [-0.39, 0.29) is 6.23 Å². The second kappa shape index (κ2) is 3.96. The molecule has 76 valence electrons. The molecular weight excluding hydrogens is 170 g/mol. The van der Waals surface area contributed by atoms with Crippen molar-refractivity contribution in [3.63, 3.8) is 0 Å². The molecule has 0 amide bonds. The van der Waals surface area contributed by atoms with Crippen LogP contribution in [0.3, 0.4) is 0 Å². The first kappa shape index (κ1) is 10.3. The molecule has 1 rings (SSSR count). The minimum Gasteiger partial charge on any atom is -0.429 e. The Balaban J connectivity index is 2.24. The first-order valence-electron chi connectivity index (χ1n) is 4.60. The van der Waals surface area contributed by atoms with Gasteiger partial charge in [-0.05, 0) is 40.2 Å². The summed E-state index contributed by atoms with van der Waals surface area (Å²) in [5, 5.41) is 3.05. The zero-order chi connectivity index (χ0) is 9.90. The molecule has 0 aromatic carbocycles. The molecule has 1 unspecified atom stereocenters. The third-order valence-corrected chi connectivity index (χ3v) is 1.64. The van der Waals surface area contributed by atoms with Crippen LogP contribution in [0.4, 0.5) is 4.79 Å². The van der Waals surface area contributed by atoms with E-state index < -0.39 is 11.8 Å². The van der Waals surface area contributed by atoms with Gasteiger partial charge in [-0.2, -0.15) is 0 Å². The molecule has 0 spiro atoms. The fourth-order valence-electron chi connectivity index (χ4n) is 1.14. The number of carbonyl (C=O) groups is 1. The van der Waals surface area contributed by atoms with Crippen molar-refractivity contribution in [2.75, 3.05) is 6.54 Å². The lowest BCUT2D eigenvalue weighted by Crippen LogP contribution is -2.31. The van der Waals surface area contributed by atoms with E-state index in [0.717, 1.165) is 19.4 Å². The monoisotopic (exact) mass is 187 g/mol. The van der Waals surface area contributed by atoms with Crippen LogP contribution in [0.25, 0.3) is 0 Å². The Bertz CT molecular complexity index is 180. The maximum absolute atomic E-state index is 11.1. The van der Waals surface area contributed by atoms with Crippen molar-refractivity contribution in [2.45, 2.75) is 45.4 Å². The second-order valence-electron chi connectivity index (χ2n) is 4.17. The Morgan fingerprint density at radius 3 is 2.62 bits per heavy atom. The summed E-state index contributed by atoms with van der Waals surface area (Å²) in [6.07, 6.45) is 1.17. The first-order chi connectivity index (χ1) is 5.97. The number of carbonyl (C=O) groups excluding carboxylic acids is 1. The largest absolute Gasteiger partial charge is 0.510 e. The Morgan fingerprint density at radius 1 is 1.46 bits per heavy atom. The average Bonchev–Trinajstić information content (AvgIpc) is 2.34. The van der Waals surface area contributed by atoms with E-state index in [9.17, 15) is 4.79 Å². The molecule has 0 aromatic rings. The smallest absolute Gasteiger partial charge is 0.429 e. The van der Waals surface area contributed by atoms with Crippen molar-refractivity contribution in [1.29, 1.82) is 0 Å². The molecule has 1 aliphatic rings. The number of hydrogen-bond acceptors (Lipinski definition) is 4. The number of ether oxygens (including phenoxy) is 2. The van der Waals surface area contributed by atoms with E-state index >= 15 is 0 Å². The Morgan fingerprint density at radius 2 is 2.15 bits per heavy atom. The SMILES string of the molecule is CC(C)(C)OC(=O)OC1CCCN1. The molecule has 1 N–H and O–H groups in total. The molecule has 0 radical (unpaired) electrons. The number of rotatable bonds is 1. The number of hydrogen-bond donors (Lipinski definition) is 1. The molecule has 1 saturated heterocycles. The van der Waals surface area contributed by atoms with Gasteiger partial charge in [-0.15, -0.1) is 0 Å². The highest BCUT2D eigenvalue weighted by molar-refractivity contribution is 5.60. The van der Waals surface area contributed by atoms with Gasteiger partial charge in [0.15, 0.2) is 6.23 Å². The Hall–Kier alpha value is -0.770. The van der Waals surface area contributed by atoms with E-state index in [1.165, 1.54) is 0 Å². The van der Waals surface area contributed by atoms with Gasteiger partial charge in [0, 0.05) is 0 Å². The van der Waals surface area contributed by atoms with Gasteiger partial charge >= 0.3 is 6.16 Å². The lowest BCUT2D eigenvalue weighted by atomic mass is 10.2. The van der Waals surface area contributed by atoms with Crippen LogP contribution in [0.2, 0.25) is 0 Å². The molecule has 4 nitrogen and oxygen atoms in total. The number of nitrogens with one attached hydrogen (secondary N) is 1. The Kier molecular flexibility index (Phi) is 3.14. The zero-order valence-electron chi connectivity index (χ0n) is 8.42. The third-order valence-electron chi connectivity index (χ3n) is 1.64. The highest BCUT2D eigenvalue weighted by Gasteiger charge is 2.23. The van der Waals surface area contributed by atoms with Gasteiger partial charge in [-0.1, -0.05) is 0 Å². The quantitative estimate of drug-likeness (QED) is 0.634. The van der Waals surface area contributed by atoms with Crippen LogP contribution in [0.5, 0.6) is 0 Å².